The molecule has 33 heavy (non-hydrogen) atoms. The van der Waals surface area contributed by atoms with Crippen molar-refractivity contribution in [2.75, 3.05) is 32.7 Å². The average molecular weight is 469 g/mol. The molecule has 174 valence electrons. The van der Waals surface area contributed by atoms with E-state index in [0.717, 1.165) is 11.1 Å². The number of anilines is 1. The Balaban J connectivity index is 1.70. The maximum absolute atomic E-state index is 12.8. The van der Waals surface area contributed by atoms with E-state index in [-0.39, 0.29) is 12.6 Å². The highest BCUT2D eigenvalue weighted by atomic mass is 32.1. The largest absolute Gasteiger partial charge is 0.460 e. The molecule has 0 saturated carbocycles. The lowest BCUT2D eigenvalue weighted by Gasteiger charge is -2.35. The number of methoxy groups -OCH3 is 1. The number of benzene rings is 2. The number of carbonyl (C=O) groups excluding carboxylic acids is 2. The first-order valence-electron chi connectivity index (χ1n) is 10.5. The smallest absolute Gasteiger partial charge is 0.338 e. The van der Waals surface area contributed by atoms with Gasteiger partial charge in [-0.15, -0.1) is 0 Å². The van der Waals surface area contributed by atoms with E-state index in [1.54, 1.807) is 31.2 Å². The van der Waals surface area contributed by atoms with Gasteiger partial charge in [-0.05, 0) is 42.4 Å². The second-order valence-electron chi connectivity index (χ2n) is 7.48. The zero-order valence-corrected chi connectivity index (χ0v) is 19.7. The number of esters is 1. The normalized spacial score (nSPS) is 15.7. The van der Waals surface area contributed by atoms with E-state index in [2.05, 4.69) is 16.0 Å². The number of nitrogens with one attached hydrogen (secondary N) is 3. The van der Waals surface area contributed by atoms with Crippen molar-refractivity contribution in [1.82, 2.24) is 15.5 Å². The van der Waals surface area contributed by atoms with Crippen molar-refractivity contribution >= 4 is 35.0 Å². The molecule has 1 heterocycles. The van der Waals surface area contributed by atoms with Gasteiger partial charge in [-0.2, -0.15) is 0 Å². The third-order valence-electron chi connectivity index (χ3n) is 5.29. The van der Waals surface area contributed by atoms with Gasteiger partial charge in [0.1, 0.15) is 6.61 Å². The summed E-state index contributed by atoms with van der Waals surface area (Å²) in [5.74, 6) is -0.432. The molecule has 1 atom stereocenters. The number of urea groups is 1. The predicted octanol–water partition coefficient (Wildman–Crippen LogP) is 3.33. The summed E-state index contributed by atoms with van der Waals surface area (Å²) in [5, 5.41) is 9.35. The van der Waals surface area contributed by atoms with Crippen molar-refractivity contribution in [2.45, 2.75) is 19.5 Å². The van der Waals surface area contributed by atoms with E-state index < -0.39 is 12.0 Å². The number of amides is 2. The molecule has 0 radical (unpaired) electrons. The Kier molecular flexibility index (Phi) is 8.39. The molecule has 0 aromatic heterocycles. The van der Waals surface area contributed by atoms with Crippen LogP contribution >= 0.6 is 12.2 Å². The van der Waals surface area contributed by atoms with Gasteiger partial charge in [-0.25, -0.2) is 9.59 Å². The van der Waals surface area contributed by atoms with Crippen molar-refractivity contribution in [3.8, 4) is 0 Å². The second kappa shape index (κ2) is 11.4. The van der Waals surface area contributed by atoms with Crippen LogP contribution in [-0.2, 0) is 20.8 Å². The highest BCUT2D eigenvalue weighted by Gasteiger charge is 2.33. The van der Waals surface area contributed by atoms with Crippen LogP contribution in [0.4, 0.5) is 10.5 Å². The van der Waals surface area contributed by atoms with Crippen LogP contribution in [0.15, 0.2) is 65.9 Å². The third kappa shape index (κ3) is 6.30. The van der Waals surface area contributed by atoms with Gasteiger partial charge in [0.15, 0.2) is 5.11 Å². The molecule has 3 rings (SSSR count). The van der Waals surface area contributed by atoms with Crippen molar-refractivity contribution in [2.24, 2.45) is 0 Å². The summed E-state index contributed by atoms with van der Waals surface area (Å²) in [4.78, 5) is 26.8. The quantitative estimate of drug-likeness (QED) is 0.311. The van der Waals surface area contributed by atoms with Gasteiger partial charge in [-0.3, -0.25) is 0 Å². The SMILES string of the molecule is COCCOC(=O)C1=C(C)N(C)C(=S)NC1c1ccc(NC(=O)NCc2ccccc2)cc1. The van der Waals surface area contributed by atoms with E-state index in [1.165, 1.54) is 0 Å². The molecule has 0 bridgehead atoms. The van der Waals surface area contributed by atoms with Gasteiger partial charge in [-0.1, -0.05) is 42.5 Å². The lowest BCUT2D eigenvalue weighted by Crippen LogP contribution is -2.46. The van der Waals surface area contributed by atoms with Crippen LogP contribution in [0.5, 0.6) is 0 Å². The predicted molar refractivity (Wildman–Crippen MR) is 131 cm³/mol. The van der Waals surface area contributed by atoms with Gasteiger partial charge in [0, 0.05) is 32.1 Å². The van der Waals surface area contributed by atoms with Crippen LogP contribution in [0.25, 0.3) is 0 Å². The van der Waals surface area contributed by atoms with Crippen LogP contribution in [0, 0.1) is 0 Å². The fourth-order valence-corrected chi connectivity index (χ4v) is 3.61. The monoisotopic (exact) mass is 468 g/mol. The minimum absolute atomic E-state index is 0.161. The maximum Gasteiger partial charge on any atom is 0.338 e. The van der Waals surface area contributed by atoms with Crippen molar-refractivity contribution in [1.29, 1.82) is 0 Å². The second-order valence-corrected chi connectivity index (χ2v) is 7.87. The van der Waals surface area contributed by atoms with Gasteiger partial charge in [0.2, 0.25) is 0 Å². The standard InChI is InChI=1S/C24H28N4O4S/c1-16-20(22(29)32-14-13-31-3)21(27-24(33)28(16)2)18-9-11-19(12-10-18)26-23(30)25-15-17-7-5-4-6-8-17/h4-12,21H,13-15H2,1-3H3,(H,27,33)(H2,25,26,30). The average Bonchev–Trinajstić information content (AvgIpc) is 2.82. The Labute approximate surface area is 198 Å². The number of hydrogen-bond acceptors (Lipinski definition) is 5. The Morgan fingerprint density at radius 2 is 1.79 bits per heavy atom. The summed E-state index contributed by atoms with van der Waals surface area (Å²) >= 11 is 5.42. The zero-order valence-electron chi connectivity index (χ0n) is 18.9. The lowest BCUT2D eigenvalue weighted by atomic mass is 9.95. The van der Waals surface area contributed by atoms with Crippen LogP contribution < -0.4 is 16.0 Å². The molecule has 0 saturated heterocycles. The van der Waals surface area contributed by atoms with Crippen molar-refractivity contribution in [3.63, 3.8) is 0 Å². The Morgan fingerprint density at radius 1 is 1.09 bits per heavy atom. The van der Waals surface area contributed by atoms with Gasteiger partial charge >= 0.3 is 12.0 Å². The van der Waals surface area contributed by atoms with E-state index in [4.69, 9.17) is 21.7 Å². The minimum Gasteiger partial charge on any atom is -0.460 e. The molecule has 0 aliphatic carbocycles. The number of thiocarbonyl (C=S) groups is 1. The van der Waals surface area contributed by atoms with E-state index in [9.17, 15) is 9.59 Å². The molecule has 2 amide bonds. The number of ether oxygens (including phenoxy) is 2. The van der Waals surface area contributed by atoms with Crippen LogP contribution in [-0.4, -0.2) is 49.4 Å². The molecule has 1 aliphatic heterocycles. The Bertz CT molecular complexity index is 1020. The first-order chi connectivity index (χ1) is 15.9. The Hall–Kier alpha value is -3.43. The molecule has 0 spiro atoms. The van der Waals surface area contributed by atoms with Crippen molar-refractivity contribution < 1.29 is 19.1 Å². The third-order valence-corrected chi connectivity index (χ3v) is 5.68. The maximum atomic E-state index is 12.8. The van der Waals surface area contributed by atoms with E-state index in [0.29, 0.717) is 35.2 Å². The van der Waals surface area contributed by atoms with Gasteiger partial charge < -0.3 is 30.3 Å². The fraction of sp³-hybridized carbons (Fsp3) is 0.292. The van der Waals surface area contributed by atoms with Gasteiger partial charge in [0.25, 0.3) is 0 Å². The molecule has 0 fully saturated rings. The molecule has 1 unspecified atom stereocenters. The summed E-state index contributed by atoms with van der Waals surface area (Å²) in [7, 11) is 3.34. The molecule has 8 nitrogen and oxygen atoms in total. The molecule has 2 aromatic rings. The Morgan fingerprint density at radius 3 is 2.45 bits per heavy atom. The van der Waals surface area contributed by atoms with Crippen LogP contribution in [0.2, 0.25) is 0 Å². The first-order valence-corrected chi connectivity index (χ1v) is 10.9. The van der Waals surface area contributed by atoms with E-state index >= 15 is 0 Å². The minimum atomic E-state index is -0.468. The molecule has 3 N–H and O–H groups in total. The highest BCUT2D eigenvalue weighted by molar-refractivity contribution is 7.80. The molecule has 9 heteroatoms. The lowest BCUT2D eigenvalue weighted by molar-refractivity contribution is -0.140. The number of nitrogens with zero attached hydrogens (tertiary/aromatic N) is 1. The first kappa shape index (κ1) is 24.2. The molecular weight excluding hydrogens is 440 g/mol. The number of rotatable bonds is 8. The van der Waals surface area contributed by atoms with Crippen LogP contribution in [0.3, 0.4) is 0 Å². The summed E-state index contributed by atoms with van der Waals surface area (Å²) in [6.07, 6.45) is 0. The van der Waals surface area contributed by atoms with Crippen molar-refractivity contribution in [3.05, 3.63) is 77.0 Å². The summed E-state index contributed by atoms with van der Waals surface area (Å²) in [6, 6.07) is 16.1. The molecular formula is C24H28N4O4S. The topological polar surface area (TPSA) is 91.9 Å². The number of hydrogen-bond donors (Lipinski definition) is 3. The van der Waals surface area contributed by atoms with E-state index in [1.807, 2.05) is 49.4 Å². The summed E-state index contributed by atoms with van der Waals surface area (Å²) < 4.78 is 10.3. The highest BCUT2D eigenvalue weighted by Crippen LogP contribution is 2.31. The summed E-state index contributed by atoms with van der Waals surface area (Å²) in [6.45, 7) is 2.74. The fourth-order valence-electron chi connectivity index (χ4n) is 3.36. The molecule has 1 aliphatic rings. The summed E-state index contributed by atoms with van der Waals surface area (Å²) in [5.41, 5.74) is 3.65. The zero-order chi connectivity index (χ0) is 23.8. The van der Waals surface area contributed by atoms with Crippen LogP contribution in [0.1, 0.15) is 24.1 Å². The number of allylic oxidation sites excluding steroid dienone is 1. The molecule has 2 aromatic carbocycles. The number of carbonyl (C=O) groups is 2. The van der Waals surface area contributed by atoms with Gasteiger partial charge in [0.05, 0.1) is 18.2 Å².